The zero-order valence-electron chi connectivity index (χ0n) is 17.1. The highest BCUT2D eigenvalue weighted by atomic mass is 35.5. The fourth-order valence-corrected chi connectivity index (χ4v) is 4.69. The van der Waals surface area contributed by atoms with E-state index in [2.05, 4.69) is 10.3 Å². The summed E-state index contributed by atoms with van der Waals surface area (Å²) in [5.41, 5.74) is 2.49. The van der Waals surface area contributed by atoms with Gasteiger partial charge in [-0.25, -0.2) is 14.2 Å². The molecule has 6 rings (SSSR count). The van der Waals surface area contributed by atoms with E-state index in [1.54, 1.807) is 6.92 Å². The number of carbonyl (C=O) groups is 1. The number of rotatable bonds is 3. The molecule has 1 saturated carbocycles. The second-order valence-electron chi connectivity index (χ2n) is 8.10. The van der Waals surface area contributed by atoms with Crippen LogP contribution in [-0.4, -0.2) is 22.1 Å². The second-order valence-corrected chi connectivity index (χ2v) is 8.51. The highest BCUT2D eigenvalue weighted by Gasteiger charge is 2.31. The molecule has 0 radical (unpaired) electrons. The standard InChI is InChI=1S/C23H18ClFN4O3/c1-2-32-23(31)13-9-29(10-6-7-10)20-12(21(13)30)8-15(25)18-19(20)28-22-17(26-18)11-4-3-5-14(24)16(11)27-22/h3,5,8-10,26H,2,4,6-7H2,1H3,(H,27,28). The number of benzene rings is 1. The molecule has 3 aliphatic rings. The number of anilines is 2. The molecule has 0 saturated heterocycles. The Morgan fingerprint density at radius 3 is 2.94 bits per heavy atom. The summed E-state index contributed by atoms with van der Waals surface area (Å²) in [7, 11) is 0. The molecule has 7 nitrogen and oxygen atoms in total. The maximum Gasteiger partial charge on any atom is 0.343 e. The van der Waals surface area contributed by atoms with E-state index >= 15 is 4.39 Å². The molecule has 1 fully saturated rings. The summed E-state index contributed by atoms with van der Waals surface area (Å²) in [6, 6.07) is 1.30. The minimum Gasteiger partial charge on any atom is -0.462 e. The van der Waals surface area contributed by atoms with Gasteiger partial charge in [-0.05, 0) is 38.3 Å². The minimum absolute atomic E-state index is 0.0992. The summed E-state index contributed by atoms with van der Waals surface area (Å²) >= 11 is 6.34. The zero-order valence-corrected chi connectivity index (χ0v) is 17.8. The van der Waals surface area contributed by atoms with E-state index in [1.807, 2.05) is 16.7 Å². The Labute approximate surface area is 185 Å². The van der Waals surface area contributed by atoms with Crippen molar-refractivity contribution in [3.05, 3.63) is 62.4 Å². The molecule has 2 aliphatic carbocycles. The number of ether oxygens (including phenoxy) is 1. The van der Waals surface area contributed by atoms with E-state index < -0.39 is 17.2 Å². The van der Waals surface area contributed by atoms with E-state index in [-0.39, 0.29) is 29.3 Å². The highest BCUT2D eigenvalue weighted by molar-refractivity contribution is 6.47. The molecule has 32 heavy (non-hydrogen) atoms. The average Bonchev–Trinajstić information content (AvgIpc) is 3.55. The van der Waals surface area contributed by atoms with Crippen molar-refractivity contribution in [2.45, 2.75) is 32.2 Å². The van der Waals surface area contributed by atoms with Gasteiger partial charge in [-0.3, -0.25) is 4.79 Å². The third-order valence-electron chi connectivity index (χ3n) is 6.06. The van der Waals surface area contributed by atoms with E-state index in [1.165, 1.54) is 12.3 Å². The van der Waals surface area contributed by atoms with Gasteiger partial charge in [0.2, 0.25) is 5.43 Å². The number of pyridine rings is 1. The predicted molar refractivity (Wildman–Crippen MR) is 119 cm³/mol. The van der Waals surface area contributed by atoms with Gasteiger partial charge in [-0.2, -0.15) is 0 Å². The number of aromatic nitrogens is 2. The summed E-state index contributed by atoms with van der Waals surface area (Å²) < 4.78 is 22.2. The van der Waals surface area contributed by atoms with E-state index in [0.717, 1.165) is 23.8 Å². The van der Waals surface area contributed by atoms with Crippen molar-refractivity contribution in [2.75, 3.05) is 11.9 Å². The largest absolute Gasteiger partial charge is 0.462 e. The molecule has 3 heterocycles. The molecular weight excluding hydrogens is 435 g/mol. The summed E-state index contributed by atoms with van der Waals surface area (Å²) in [4.78, 5) is 33.5. The highest BCUT2D eigenvalue weighted by Crippen LogP contribution is 2.44. The van der Waals surface area contributed by atoms with Crippen molar-refractivity contribution in [1.82, 2.24) is 9.55 Å². The van der Waals surface area contributed by atoms with Crippen LogP contribution in [0.5, 0.6) is 0 Å². The Morgan fingerprint density at radius 1 is 1.38 bits per heavy atom. The Morgan fingerprint density at radius 2 is 2.19 bits per heavy atom. The minimum atomic E-state index is -0.709. The molecule has 1 aliphatic heterocycles. The molecule has 0 unspecified atom stereocenters. The van der Waals surface area contributed by atoms with Crippen LogP contribution >= 0.6 is 11.6 Å². The monoisotopic (exact) mass is 452 g/mol. The lowest BCUT2D eigenvalue weighted by Crippen LogP contribution is -2.22. The second kappa shape index (κ2) is 6.80. The molecule has 3 aromatic rings. The van der Waals surface area contributed by atoms with Gasteiger partial charge in [0, 0.05) is 17.8 Å². The van der Waals surface area contributed by atoms with Crippen LogP contribution in [0.4, 0.5) is 21.5 Å². The zero-order chi connectivity index (χ0) is 22.1. The maximum absolute atomic E-state index is 15.3. The van der Waals surface area contributed by atoms with Gasteiger partial charge in [-0.1, -0.05) is 17.7 Å². The number of hydrogen-bond acceptors (Lipinski definition) is 5. The number of allylic oxidation sites excluding steroid dienone is 2. The van der Waals surface area contributed by atoms with Crippen LogP contribution in [0.2, 0.25) is 0 Å². The normalized spacial score (nSPS) is 16.2. The van der Waals surface area contributed by atoms with Crippen LogP contribution < -0.4 is 21.6 Å². The molecule has 162 valence electrons. The number of hydrogen-bond donors (Lipinski definition) is 2. The van der Waals surface area contributed by atoms with Crippen LogP contribution in [0, 0.1) is 5.82 Å². The Kier molecular flexibility index (Phi) is 4.10. The van der Waals surface area contributed by atoms with Crippen LogP contribution in [0.1, 0.15) is 41.7 Å². The summed E-state index contributed by atoms with van der Waals surface area (Å²) in [6.45, 7) is 1.82. The first-order chi connectivity index (χ1) is 15.5. The molecular formula is C23H18ClFN4O3. The van der Waals surface area contributed by atoms with Gasteiger partial charge in [-0.15, -0.1) is 0 Å². The van der Waals surface area contributed by atoms with E-state index in [0.29, 0.717) is 33.8 Å². The lowest BCUT2D eigenvalue weighted by Gasteiger charge is -2.20. The van der Waals surface area contributed by atoms with Crippen LogP contribution in [-0.2, 0) is 11.2 Å². The number of halogens is 2. The summed E-state index contributed by atoms with van der Waals surface area (Å²) in [5, 5.41) is 4.59. The quantitative estimate of drug-likeness (QED) is 0.466. The van der Waals surface area contributed by atoms with Gasteiger partial charge in [0.1, 0.15) is 22.8 Å². The number of carbonyl (C=O) groups excluding carboxylic acids is 1. The lowest BCUT2D eigenvalue weighted by atomic mass is 10.1. The molecule has 2 N–H and O–H groups in total. The fraction of sp³-hybridized carbons (Fsp3) is 0.261. The van der Waals surface area contributed by atoms with Crippen molar-refractivity contribution < 1.29 is 13.9 Å². The van der Waals surface area contributed by atoms with Crippen LogP contribution in [0.3, 0.4) is 0 Å². The molecule has 0 bridgehead atoms. The number of nitrogens with zero attached hydrogens (tertiary/aromatic N) is 2. The Hall–Kier alpha value is -3.39. The summed E-state index contributed by atoms with van der Waals surface area (Å²) in [5.74, 6) is -1.32. The maximum atomic E-state index is 15.3. The van der Waals surface area contributed by atoms with Crippen molar-refractivity contribution in [3.63, 3.8) is 0 Å². The van der Waals surface area contributed by atoms with Gasteiger partial charge in [0.05, 0.1) is 33.6 Å². The van der Waals surface area contributed by atoms with Crippen molar-refractivity contribution in [2.24, 2.45) is 4.99 Å². The van der Waals surface area contributed by atoms with Gasteiger partial charge < -0.3 is 19.6 Å². The molecule has 1 aromatic carbocycles. The Balaban J connectivity index is 1.69. The lowest BCUT2D eigenvalue weighted by molar-refractivity contribution is 0.0524. The molecule has 0 spiro atoms. The van der Waals surface area contributed by atoms with Gasteiger partial charge in [0.15, 0.2) is 5.49 Å². The van der Waals surface area contributed by atoms with E-state index in [9.17, 15) is 9.59 Å². The third-order valence-corrected chi connectivity index (χ3v) is 6.37. The van der Waals surface area contributed by atoms with Crippen molar-refractivity contribution in [3.8, 4) is 0 Å². The predicted octanol–water partition coefficient (Wildman–Crippen LogP) is 3.45. The van der Waals surface area contributed by atoms with Crippen LogP contribution in [0.15, 0.2) is 34.2 Å². The summed E-state index contributed by atoms with van der Waals surface area (Å²) in [6.07, 6.45) is 7.72. The molecule has 0 atom stereocenters. The van der Waals surface area contributed by atoms with E-state index in [4.69, 9.17) is 21.3 Å². The first-order valence-electron chi connectivity index (χ1n) is 10.5. The first-order valence-corrected chi connectivity index (χ1v) is 10.9. The topological polar surface area (TPSA) is 88.5 Å². The fourth-order valence-electron chi connectivity index (χ4n) is 4.44. The van der Waals surface area contributed by atoms with Gasteiger partial charge in [0.25, 0.3) is 0 Å². The Bertz CT molecular complexity index is 1560. The average molecular weight is 453 g/mol. The molecule has 2 aromatic heterocycles. The molecule has 9 heteroatoms. The van der Waals surface area contributed by atoms with Crippen molar-refractivity contribution >= 4 is 50.6 Å². The SMILES string of the molecule is CCOC(=O)c1cn(C2CC2)c2c3c(c(F)cc2c1=O)Nc1c2c([nH]c1=N3)=C(Cl)C=CC2. The first kappa shape index (κ1) is 19.3. The number of aromatic amines is 1. The smallest absolute Gasteiger partial charge is 0.343 e. The molecule has 0 amide bonds. The third kappa shape index (κ3) is 2.69. The number of H-pyrrole nitrogens is 1. The number of fused-ring (bicyclic) bond motifs is 6. The number of esters is 1. The van der Waals surface area contributed by atoms with Gasteiger partial charge >= 0.3 is 5.97 Å². The van der Waals surface area contributed by atoms with Crippen LogP contribution in [0.25, 0.3) is 15.9 Å². The van der Waals surface area contributed by atoms with Crippen molar-refractivity contribution in [1.29, 1.82) is 0 Å². The number of nitrogens with one attached hydrogen (secondary N) is 2.